The van der Waals surface area contributed by atoms with Crippen LogP contribution in [0.15, 0.2) is 11.0 Å². The summed E-state index contributed by atoms with van der Waals surface area (Å²) in [5.41, 5.74) is 0.241. The van der Waals surface area contributed by atoms with E-state index in [1.807, 2.05) is 0 Å². The average molecular weight is 318 g/mol. The van der Waals surface area contributed by atoms with Gasteiger partial charge in [0.15, 0.2) is 0 Å². The molecule has 0 saturated heterocycles. The molecule has 112 valence electrons. The number of hydrogen-bond donors (Lipinski definition) is 1. The average Bonchev–Trinajstić information content (AvgIpc) is 2.34. The fourth-order valence-electron chi connectivity index (χ4n) is 2.17. The molecule has 1 aromatic rings. The van der Waals surface area contributed by atoms with E-state index in [0.717, 1.165) is 6.42 Å². The molecule has 1 saturated carbocycles. The van der Waals surface area contributed by atoms with E-state index < -0.39 is 10.8 Å². The quantitative estimate of drug-likeness (QED) is 0.780. The lowest BCUT2D eigenvalue weighted by Crippen LogP contribution is -2.31. The highest BCUT2D eigenvalue weighted by atomic mass is 35.5. The molecule has 0 aromatic carbocycles. The van der Waals surface area contributed by atoms with Crippen LogP contribution in [0.3, 0.4) is 0 Å². The van der Waals surface area contributed by atoms with E-state index in [1.54, 1.807) is 6.26 Å². The summed E-state index contributed by atoms with van der Waals surface area (Å²) in [6.45, 7) is 1.26. The Morgan fingerprint density at radius 3 is 2.90 bits per heavy atom. The van der Waals surface area contributed by atoms with Gasteiger partial charge in [0.25, 0.3) is 5.56 Å². The number of rotatable bonds is 7. The van der Waals surface area contributed by atoms with Crippen molar-refractivity contribution >= 4 is 28.1 Å². The fraction of sp³-hybridized carbons (Fsp3) is 0.692. The number of anilines is 1. The minimum atomic E-state index is -0.809. The lowest BCUT2D eigenvalue weighted by molar-refractivity contribution is 0.262. The molecule has 1 unspecified atom stereocenters. The number of halogens is 1. The maximum Gasteiger partial charge on any atom is 0.291 e. The predicted molar refractivity (Wildman–Crippen MR) is 82.9 cm³/mol. The van der Waals surface area contributed by atoms with Gasteiger partial charge in [0.2, 0.25) is 0 Å². The van der Waals surface area contributed by atoms with Gasteiger partial charge in [-0.3, -0.25) is 9.00 Å². The van der Waals surface area contributed by atoms with E-state index in [2.05, 4.69) is 10.4 Å². The summed E-state index contributed by atoms with van der Waals surface area (Å²) >= 11 is 6.03. The smallest absolute Gasteiger partial charge is 0.291 e. The molecule has 0 amide bonds. The monoisotopic (exact) mass is 317 g/mol. The normalized spacial score (nSPS) is 16.7. The van der Waals surface area contributed by atoms with Crippen LogP contribution in [0.1, 0.15) is 25.7 Å². The SMILES string of the molecule is CS(=O)CCCNc1c(Cl)cnn(CC2CCC2)c1=O. The van der Waals surface area contributed by atoms with Crippen LogP contribution in [0.4, 0.5) is 5.69 Å². The van der Waals surface area contributed by atoms with Crippen LogP contribution in [0.5, 0.6) is 0 Å². The Balaban J connectivity index is 2.00. The molecule has 1 aromatic heterocycles. The molecular formula is C13H20ClN3O2S. The third-order valence-electron chi connectivity index (χ3n) is 3.56. The molecule has 1 heterocycles. The van der Waals surface area contributed by atoms with Crippen molar-refractivity contribution in [2.75, 3.05) is 23.9 Å². The molecule has 1 aliphatic carbocycles. The molecule has 0 aliphatic heterocycles. The van der Waals surface area contributed by atoms with Gasteiger partial charge in [0.05, 0.1) is 11.2 Å². The molecule has 20 heavy (non-hydrogen) atoms. The van der Waals surface area contributed by atoms with E-state index in [4.69, 9.17) is 11.6 Å². The Bertz CT molecular complexity index is 543. The van der Waals surface area contributed by atoms with Crippen LogP contribution in [-0.2, 0) is 17.3 Å². The molecule has 1 N–H and O–H groups in total. The van der Waals surface area contributed by atoms with Gasteiger partial charge in [-0.15, -0.1) is 0 Å². The summed E-state index contributed by atoms with van der Waals surface area (Å²) in [6.07, 6.45) is 7.51. The number of nitrogens with zero attached hydrogens (tertiary/aromatic N) is 2. The van der Waals surface area contributed by atoms with Crippen molar-refractivity contribution in [3.05, 3.63) is 21.6 Å². The van der Waals surface area contributed by atoms with E-state index in [1.165, 1.54) is 30.1 Å². The first-order chi connectivity index (χ1) is 9.58. The Morgan fingerprint density at radius 2 is 2.30 bits per heavy atom. The molecule has 0 radical (unpaired) electrons. The molecule has 0 spiro atoms. The van der Waals surface area contributed by atoms with E-state index >= 15 is 0 Å². The van der Waals surface area contributed by atoms with Gasteiger partial charge in [-0.1, -0.05) is 18.0 Å². The van der Waals surface area contributed by atoms with Crippen LogP contribution in [0.2, 0.25) is 5.02 Å². The largest absolute Gasteiger partial charge is 0.379 e. The Kier molecular flexibility index (Phi) is 5.60. The molecule has 2 rings (SSSR count). The maximum absolute atomic E-state index is 12.3. The highest BCUT2D eigenvalue weighted by Crippen LogP contribution is 2.27. The molecule has 1 atom stereocenters. The number of hydrogen-bond acceptors (Lipinski definition) is 4. The Hall–Kier alpha value is -0.880. The van der Waals surface area contributed by atoms with Crippen molar-refractivity contribution in [2.24, 2.45) is 5.92 Å². The zero-order chi connectivity index (χ0) is 14.5. The standard InChI is InChI=1S/C13H20ClN3O2S/c1-20(19)7-3-6-15-12-11(14)8-16-17(13(12)18)9-10-4-2-5-10/h8,10,15H,2-7,9H2,1H3. The zero-order valence-corrected chi connectivity index (χ0v) is 13.2. The van der Waals surface area contributed by atoms with E-state index in [0.29, 0.717) is 35.5 Å². The third kappa shape index (κ3) is 4.06. The maximum atomic E-state index is 12.3. The molecule has 1 aliphatic rings. The second kappa shape index (κ2) is 7.22. The summed E-state index contributed by atoms with van der Waals surface area (Å²) in [7, 11) is -0.809. The van der Waals surface area contributed by atoms with Crippen molar-refractivity contribution in [2.45, 2.75) is 32.2 Å². The summed E-state index contributed by atoms with van der Waals surface area (Å²) in [5.74, 6) is 1.18. The highest BCUT2D eigenvalue weighted by molar-refractivity contribution is 7.84. The van der Waals surface area contributed by atoms with Crippen LogP contribution in [-0.4, -0.2) is 32.5 Å². The van der Waals surface area contributed by atoms with E-state index in [-0.39, 0.29) is 5.56 Å². The van der Waals surface area contributed by atoms with Gasteiger partial charge >= 0.3 is 0 Å². The fourth-order valence-corrected chi connectivity index (χ4v) is 2.91. The van der Waals surface area contributed by atoms with Gasteiger partial charge in [0.1, 0.15) is 5.69 Å². The number of aromatic nitrogens is 2. The first-order valence-corrected chi connectivity index (χ1v) is 8.98. The second-order valence-corrected chi connectivity index (χ2v) is 7.17. The summed E-state index contributed by atoms with van der Waals surface area (Å²) in [5, 5.41) is 7.49. The van der Waals surface area contributed by atoms with Gasteiger partial charge < -0.3 is 5.32 Å². The lowest BCUT2D eigenvalue weighted by Gasteiger charge is -2.25. The van der Waals surface area contributed by atoms with Crippen molar-refractivity contribution in [1.29, 1.82) is 0 Å². The summed E-state index contributed by atoms with van der Waals surface area (Å²) in [4.78, 5) is 12.3. The van der Waals surface area contributed by atoms with Crippen LogP contribution in [0, 0.1) is 5.92 Å². The van der Waals surface area contributed by atoms with Gasteiger partial charge in [0, 0.05) is 35.9 Å². The second-order valence-electron chi connectivity index (χ2n) is 5.21. The van der Waals surface area contributed by atoms with Crippen LogP contribution >= 0.6 is 11.6 Å². The minimum Gasteiger partial charge on any atom is -0.379 e. The lowest BCUT2D eigenvalue weighted by atomic mass is 9.85. The van der Waals surface area contributed by atoms with Gasteiger partial charge in [-0.2, -0.15) is 5.10 Å². The Labute approximate surface area is 126 Å². The van der Waals surface area contributed by atoms with Crippen molar-refractivity contribution in [1.82, 2.24) is 9.78 Å². The first-order valence-electron chi connectivity index (χ1n) is 6.87. The summed E-state index contributed by atoms with van der Waals surface area (Å²) in [6, 6.07) is 0. The van der Waals surface area contributed by atoms with Crippen molar-refractivity contribution in [3.8, 4) is 0 Å². The summed E-state index contributed by atoms with van der Waals surface area (Å²) < 4.78 is 12.5. The predicted octanol–water partition coefficient (Wildman–Crippen LogP) is 1.88. The van der Waals surface area contributed by atoms with Crippen molar-refractivity contribution < 1.29 is 4.21 Å². The Morgan fingerprint density at radius 1 is 1.55 bits per heavy atom. The topological polar surface area (TPSA) is 64.0 Å². The van der Waals surface area contributed by atoms with Crippen LogP contribution in [0.25, 0.3) is 0 Å². The number of nitrogens with one attached hydrogen (secondary N) is 1. The molecule has 5 nitrogen and oxygen atoms in total. The molecule has 0 bridgehead atoms. The van der Waals surface area contributed by atoms with Gasteiger partial charge in [-0.25, -0.2) is 4.68 Å². The zero-order valence-electron chi connectivity index (χ0n) is 11.6. The van der Waals surface area contributed by atoms with Gasteiger partial charge in [-0.05, 0) is 25.2 Å². The highest BCUT2D eigenvalue weighted by Gasteiger charge is 2.20. The minimum absolute atomic E-state index is 0.165. The first kappa shape index (κ1) is 15.5. The third-order valence-corrected chi connectivity index (χ3v) is 4.71. The molecule has 1 fully saturated rings. The van der Waals surface area contributed by atoms with E-state index in [9.17, 15) is 9.00 Å². The van der Waals surface area contributed by atoms with Crippen LogP contribution < -0.4 is 10.9 Å². The molecular weight excluding hydrogens is 298 g/mol. The van der Waals surface area contributed by atoms with Crippen molar-refractivity contribution in [3.63, 3.8) is 0 Å². The molecule has 7 heteroatoms.